The zero-order valence-electron chi connectivity index (χ0n) is 24.8. The summed E-state index contributed by atoms with van der Waals surface area (Å²) in [5.74, 6) is -1.93. The Morgan fingerprint density at radius 1 is 0.975 bits per heavy atom. The van der Waals surface area contributed by atoms with Crippen LogP contribution in [0.4, 0.5) is 4.79 Å². The second kappa shape index (κ2) is 12.5. The maximum Gasteiger partial charge on any atom is 0.408 e. The van der Waals surface area contributed by atoms with E-state index in [-0.39, 0.29) is 15.2 Å². The van der Waals surface area contributed by atoms with Gasteiger partial charge in [-0.15, -0.1) is 0 Å². The quantitative estimate of drug-likeness (QED) is 0.183. The molecule has 11 heteroatoms. The number of primary amides is 1. The number of ketones is 1. The molecule has 0 aromatic carbocycles. The average Bonchev–Trinajstić information content (AvgIpc) is 3.11. The Kier molecular flexibility index (Phi) is 10.2. The molecule has 226 valence electrons. The van der Waals surface area contributed by atoms with Gasteiger partial charge in [0.1, 0.15) is 17.7 Å². The van der Waals surface area contributed by atoms with Crippen molar-refractivity contribution in [1.29, 1.82) is 0 Å². The van der Waals surface area contributed by atoms with Crippen LogP contribution < -0.4 is 16.4 Å². The van der Waals surface area contributed by atoms with E-state index in [9.17, 15) is 24.0 Å². The fourth-order valence-corrected chi connectivity index (χ4v) is 7.15. The molecule has 2 aliphatic carbocycles. The minimum Gasteiger partial charge on any atom is -0.444 e. The van der Waals surface area contributed by atoms with Gasteiger partial charge < -0.3 is 26.0 Å². The predicted octanol–water partition coefficient (Wildman–Crippen LogP) is 3.62. The Hall–Kier alpha value is -1.92. The summed E-state index contributed by atoms with van der Waals surface area (Å²) in [6, 6.07) is -2.81. The summed E-state index contributed by atoms with van der Waals surface area (Å²) < 4.78 is 5.11. The number of hydrogen-bond acceptors (Lipinski definition) is 6. The zero-order chi connectivity index (χ0) is 30.0. The summed E-state index contributed by atoms with van der Waals surface area (Å²) in [5.41, 5.74) is 3.90. The molecule has 3 aliphatic rings. The normalized spacial score (nSPS) is 25.3. The van der Waals surface area contributed by atoms with E-state index >= 15 is 0 Å². The first-order chi connectivity index (χ1) is 18.4. The van der Waals surface area contributed by atoms with Crippen molar-refractivity contribution >= 4 is 52.2 Å². The van der Waals surface area contributed by atoms with Crippen LogP contribution in [0.25, 0.3) is 0 Å². The molecule has 0 aromatic heterocycles. The van der Waals surface area contributed by atoms with Crippen LogP contribution in [0.5, 0.6) is 0 Å². The van der Waals surface area contributed by atoms with Gasteiger partial charge in [0.2, 0.25) is 17.6 Å². The largest absolute Gasteiger partial charge is 0.444 e. The number of halogens is 1. The zero-order valence-corrected chi connectivity index (χ0v) is 27.0. The second-order valence-electron chi connectivity index (χ2n) is 14.1. The SMILES string of the molecule is CC(C)(C)OC(=O)N[C@H](C(=O)N1C[C@@](I)(CC2CCC2)C[C@H]1C(=O)NC(CC1CCC1)C(=O)C(N)=O)C(C)(C)C. The number of nitrogens with one attached hydrogen (secondary N) is 2. The van der Waals surface area contributed by atoms with Crippen LogP contribution in [-0.2, 0) is 23.9 Å². The number of rotatable bonds is 10. The first kappa shape index (κ1) is 32.6. The van der Waals surface area contributed by atoms with E-state index in [0.29, 0.717) is 25.3 Å². The number of alkyl halides is 1. The van der Waals surface area contributed by atoms with Crippen LogP contribution in [0.1, 0.15) is 99.3 Å². The Bertz CT molecular complexity index is 997. The van der Waals surface area contributed by atoms with Crippen LogP contribution in [0.2, 0.25) is 0 Å². The van der Waals surface area contributed by atoms with E-state index in [2.05, 4.69) is 33.2 Å². The lowest BCUT2D eigenvalue weighted by atomic mass is 9.78. The van der Waals surface area contributed by atoms with Gasteiger partial charge >= 0.3 is 6.09 Å². The van der Waals surface area contributed by atoms with Gasteiger partial charge in [-0.3, -0.25) is 19.2 Å². The van der Waals surface area contributed by atoms with Crippen molar-refractivity contribution in [3.05, 3.63) is 0 Å². The summed E-state index contributed by atoms with van der Waals surface area (Å²) in [6.07, 6.45) is 7.35. The van der Waals surface area contributed by atoms with E-state index in [0.717, 1.165) is 38.5 Å². The van der Waals surface area contributed by atoms with Crippen molar-refractivity contribution in [3.63, 3.8) is 0 Å². The Morgan fingerprint density at radius 2 is 1.55 bits per heavy atom. The standard InChI is InChI=1S/C29H47IN4O6/c1-27(2,3)22(33-26(39)40-28(4,5)6)25(38)34-16-29(30,14-18-11-8-12-18)15-20(34)24(37)32-19(21(35)23(31)36)13-17-9-7-10-17/h17-20,22H,7-16H2,1-6H3,(H2,31,36)(H,32,37)(H,33,39)/t19?,20-,22+,29+/m0/s1. The van der Waals surface area contributed by atoms with E-state index in [4.69, 9.17) is 10.5 Å². The highest BCUT2D eigenvalue weighted by Gasteiger charge is 2.51. The molecule has 40 heavy (non-hydrogen) atoms. The summed E-state index contributed by atoms with van der Waals surface area (Å²) in [4.78, 5) is 66.7. The van der Waals surface area contributed by atoms with Crippen molar-refractivity contribution in [2.45, 2.75) is 126 Å². The lowest BCUT2D eigenvalue weighted by molar-refractivity contribution is -0.143. The molecule has 1 aliphatic heterocycles. The number of Topliss-reactive ketones (excluding diaryl/α,β-unsaturated/α-hetero) is 1. The smallest absolute Gasteiger partial charge is 0.408 e. The monoisotopic (exact) mass is 674 g/mol. The number of ether oxygens (including phenoxy) is 1. The summed E-state index contributed by atoms with van der Waals surface area (Å²) >= 11 is 2.39. The maximum atomic E-state index is 14.2. The van der Waals surface area contributed by atoms with E-state index in [1.54, 1.807) is 25.7 Å². The molecule has 1 unspecified atom stereocenters. The molecule has 0 radical (unpaired) electrons. The molecule has 0 bridgehead atoms. The van der Waals surface area contributed by atoms with E-state index < -0.39 is 52.8 Å². The third kappa shape index (κ3) is 8.55. The highest BCUT2D eigenvalue weighted by atomic mass is 127. The third-order valence-corrected chi connectivity index (χ3v) is 9.52. The number of likely N-dealkylation sites (tertiary alicyclic amines) is 1. The predicted molar refractivity (Wildman–Crippen MR) is 160 cm³/mol. The maximum absolute atomic E-state index is 14.2. The van der Waals surface area contributed by atoms with Gasteiger partial charge in [-0.1, -0.05) is 81.9 Å². The first-order valence-electron chi connectivity index (χ1n) is 14.5. The van der Waals surface area contributed by atoms with Crippen molar-refractivity contribution < 1.29 is 28.7 Å². The van der Waals surface area contributed by atoms with Crippen molar-refractivity contribution in [2.24, 2.45) is 23.0 Å². The summed E-state index contributed by atoms with van der Waals surface area (Å²) in [6.45, 7) is 11.2. The molecule has 4 N–H and O–H groups in total. The lowest BCUT2D eigenvalue weighted by Gasteiger charge is -2.36. The molecule has 0 aromatic rings. The van der Waals surface area contributed by atoms with Gasteiger partial charge in [-0.05, 0) is 57.3 Å². The second-order valence-corrected chi connectivity index (χ2v) is 16.4. The minimum absolute atomic E-state index is 0.250. The number of nitrogens with two attached hydrogens (primary N) is 1. The van der Waals surface area contributed by atoms with Crippen LogP contribution in [0.3, 0.4) is 0 Å². The number of nitrogens with zero attached hydrogens (tertiary/aromatic N) is 1. The van der Waals surface area contributed by atoms with Gasteiger partial charge in [0.25, 0.3) is 5.91 Å². The summed E-state index contributed by atoms with van der Waals surface area (Å²) in [7, 11) is 0. The molecule has 2 saturated carbocycles. The molecular formula is C29H47IN4O6. The molecule has 1 heterocycles. The van der Waals surface area contributed by atoms with Gasteiger partial charge in [0.15, 0.2) is 0 Å². The number of amides is 4. The molecule has 0 spiro atoms. The molecular weight excluding hydrogens is 627 g/mol. The molecule has 3 rings (SSSR count). The Labute approximate surface area is 251 Å². The van der Waals surface area contributed by atoms with Crippen LogP contribution in [-0.4, -0.2) is 68.2 Å². The highest BCUT2D eigenvalue weighted by Crippen LogP contribution is 2.45. The molecule has 3 fully saturated rings. The number of alkyl carbamates (subject to hydrolysis) is 1. The van der Waals surface area contributed by atoms with Crippen LogP contribution >= 0.6 is 22.6 Å². The van der Waals surface area contributed by atoms with Crippen LogP contribution in [0, 0.1) is 17.3 Å². The van der Waals surface area contributed by atoms with E-state index in [1.807, 2.05) is 20.8 Å². The van der Waals surface area contributed by atoms with Crippen LogP contribution in [0.15, 0.2) is 0 Å². The molecule has 4 amide bonds. The Morgan fingerprint density at radius 3 is 2.00 bits per heavy atom. The van der Waals surface area contributed by atoms with Gasteiger partial charge in [0.05, 0.1) is 6.04 Å². The lowest BCUT2D eigenvalue weighted by Crippen LogP contribution is -2.59. The van der Waals surface area contributed by atoms with E-state index in [1.165, 1.54) is 6.42 Å². The Balaban J connectivity index is 1.87. The fourth-order valence-electron chi connectivity index (χ4n) is 5.74. The number of hydrogen-bond donors (Lipinski definition) is 3. The van der Waals surface area contributed by atoms with Crippen molar-refractivity contribution in [1.82, 2.24) is 15.5 Å². The molecule has 10 nitrogen and oxygen atoms in total. The van der Waals surface area contributed by atoms with Gasteiger partial charge in [0, 0.05) is 9.97 Å². The fraction of sp³-hybridized carbons (Fsp3) is 0.828. The molecule has 4 atom stereocenters. The average molecular weight is 675 g/mol. The van der Waals surface area contributed by atoms with Gasteiger partial charge in [-0.25, -0.2) is 4.79 Å². The number of carbonyl (C=O) groups is 5. The highest BCUT2D eigenvalue weighted by molar-refractivity contribution is 14.1. The number of carbonyl (C=O) groups excluding carboxylic acids is 5. The first-order valence-corrected chi connectivity index (χ1v) is 15.6. The summed E-state index contributed by atoms with van der Waals surface area (Å²) in [5, 5.41) is 5.55. The van der Waals surface area contributed by atoms with Crippen molar-refractivity contribution in [2.75, 3.05) is 6.54 Å². The minimum atomic E-state index is -1.08. The molecule has 1 saturated heterocycles. The van der Waals surface area contributed by atoms with Crippen molar-refractivity contribution in [3.8, 4) is 0 Å². The van der Waals surface area contributed by atoms with Gasteiger partial charge in [-0.2, -0.15) is 0 Å². The third-order valence-electron chi connectivity index (χ3n) is 8.30. The topological polar surface area (TPSA) is 148 Å².